The third-order valence-corrected chi connectivity index (χ3v) is 3.52. The lowest BCUT2D eigenvalue weighted by Gasteiger charge is -2.08. The summed E-state index contributed by atoms with van der Waals surface area (Å²) in [4.78, 5) is 27.2. The number of nitrogens with one attached hydrogen (secondary N) is 2. The fourth-order valence-electron chi connectivity index (χ4n) is 2.24. The smallest absolute Gasteiger partial charge is 0.253 e. The summed E-state index contributed by atoms with van der Waals surface area (Å²) in [5, 5.41) is 5.66. The van der Waals surface area contributed by atoms with Crippen molar-refractivity contribution in [1.82, 2.24) is 20.2 Å². The van der Waals surface area contributed by atoms with Gasteiger partial charge in [0.2, 0.25) is 5.91 Å². The molecule has 0 radical (unpaired) electrons. The monoisotopic (exact) mass is 314 g/mol. The van der Waals surface area contributed by atoms with E-state index in [1.165, 1.54) is 11.6 Å². The summed E-state index contributed by atoms with van der Waals surface area (Å²) in [7, 11) is 1.62. The van der Waals surface area contributed by atoms with Crippen molar-refractivity contribution in [3.05, 3.63) is 63.8 Å². The second kappa shape index (κ2) is 8.24. The molecule has 23 heavy (non-hydrogen) atoms. The van der Waals surface area contributed by atoms with Crippen LogP contribution < -0.4 is 16.2 Å². The Morgan fingerprint density at radius 2 is 2.04 bits per heavy atom. The van der Waals surface area contributed by atoms with Gasteiger partial charge in [-0.2, -0.15) is 0 Å². The number of hydrogen-bond acceptors (Lipinski definition) is 4. The van der Waals surface area contributed by atoms with E-state index in [1.54, 1.807) is 24.9 Å². The Morgan fingerprint density at radius 3 is 2.78 bits per heavy atom. The van der Waals surface area contributed by atoms with E-state index < -0.39 is 0 Å². The quantitative estimate of drug-likeness (QED) is 0.729. The van der Waals surface area contributed by atoms with Gasteiger partial charge in [-0.05, 0) is 31.0 Å². The summed E-state index contributed by atoms with van der Waals surface area (Å²) in [5.74, 6) is -0.0232. The van der Waals surface area contributed by atoms with E-state index in [9.17, 15) is 9.59 Å². The molecule has 6 heteroatoms. The van der Waals surface area contributed by atoms with Crippen LogP contribution in [0.3, 0.4) is 0 Å². The van der Waals surface area contributed by atoms with Crippen molar-refractivity contribution in [2.75, 3.05) is 20.1 Å². The molecule has 1 heterocycles. The van der Waals surface area contributed by atoms with Gasteiger partial charge in [-0.1, -0.05) is 24.3 Å². The molecule has 2 N–H and O–H groups in total. The number of benzene rings is 1. The number of rotatable bonds is 7. The molecular weight excluding hydrogens is 292 g/mol. The molecule has 0 saturated carbocycles. The van der Waals surface area contributed by atoms with Crippen LogP contribution in [0.1, 0.15) is 16.8 Å². The fourth-order valence-corrected chi connectivity index (χ4v) is 2.24. The predicted molar refractivity (Wildman–Crippen MR) is 89.4 cm³/mol. The van der Waals surface area contributed by atoms with Gasteiger partial charge in [0.1, 0.15) is 0 Å². The standard InChI is InChI=1S/C17H22N4O2/c1-13-8-17(23)21(12-20-13)11-15-5-3-4-14(9-15)6-7-19-10-16(22)18-2/h3-5,8-9,12,19H,6-7,10-11H2,1-2H3,(H,18,22). The van der Waals surface area contributed by atoms with E-state index in [0.29, 0.717) is 13.1 Å². The molecule has 1 aromatic carbocycles. The molecule has 0 aliphatic rings. The van der Waals surface area contributed by atoms with Gasteiger partial charge in [0.05, 0.1) is 19.4 Å². The van der Waals surface area contributed by atoms with Crippen molar-refractivity contribution in [1.29, 1.82) is 0 Å². The average Bonchev–Trinajstić information content (AvgIpc) is 2.54. The van der Waals surface area contributed by atoms with Gasteiger partial charge >= 0.3 is 0 Å². The molecule has 0 fully saturated rings. The van der Waals surface area contributed by atoms with E-state index in [1.807, 2.05) is 18.2 Å². The summed E-state index contributed by atoms with van der Waals surface area (Å²) in [6.07, 6.45) is 2.40. The Balaban J connectivity index is 1.94. The van der Waals surface area contributed by atoms with Gasteiger partial charge in [-0.25, -0.2) is 4.98 Å². The van der Waals surface area contributed by atoms with Gasteiger partial charge < -0.3 is 10.6 Å². The number of hydrogen-bond donors (Lipinski definition) is 2. The maximum absolute atomic E-state index is 11.9. The molecule has 0 aliphatic carbocycles. The first kappa shape index (κ1) is 16.9. The van der Waals surface area contributed by atoms with Crippen molar-refractivity contribution in [3.8, 4) is 0 Å². The number of carbonyl (C=O) groups is 1. The van der Waals surface area contributed by atoms with Gasteiger partial charge in [0, 0.05) is 18.8 Å². The second-order valence-corrected chi connectivity index (χ2v) is 5.42. The van der Waals surface area contributed by atoms with Crippen LogP contribution in [-0.2, 0) is 17.8 Å². The van der Waals surface area contributed by atoms with Gasteiger partial charge in [-0.15, -0.1) is 0 Å². The molecule has 0 saturated heterocycles. The van der Waals surface area contributed by atoms with Crippen LogP contribution in [0.4, 0.5) is 0 Å². The maximum Gasteiger partial charge on any atom is 0.253 e. The van der Waals surface area contributed by atoms with Crippen molar-refractivity contribution in [2.24, 2.45) is 0 Å². The Kier molecular flexibility index (Phi) is 6.05. The first-order valence-electron chi connectivity index (χ1n) is 7.60. The first-order valence-corrected chi connectivity index (χ1v) is 7.60. The Morgan fingerprint density at radius 1 is 1.26 bits per heavy atom. The lowest BCUT2D eigenvalue weighted by molar-refractivity contribution is -0.119. The highest BCUT2D eigenvalue weighted by Gasteiger charge is 2.02. The number of likely N-dealkylation sites (N-methyl/N-ethyl adjacent to an activating group) is 1. The third kappa shape index (κ3) is 5.34. The second-order valence-electron chi connectivity index (χ2n) is 5.42. The van der Waals surface area contributed by atoms with E-state index in [-0.39, 0.29) is 11.5 Å². The molecule has 0 bridgehead atoms. The minimum Gasteiger partial charge on any atom is -0.358 e. The normalized spacial score (nSPS) is 10.5. The lowest BCUT2D eigenvalue weighted by Crippen LogP contribution is -2.32. The number of carbonyl (C=O) groups excluding carboxylic acids is 1. The Hall–Kier alpha value is -2.47. The molecule has 1 amide bonds. The van der Waals surface area contributed by atoms with E-state index in [0.717, 1.165) is 24.2 Å². The van der Waals surface area contributed by atoms with Crippen LogP contribution in [0.2, 0.25) is 0 Å². The Labute approximate surface area is 135 Å². The van der Waals surface area contributed by atoms with E-state index >= 15 is 0 Å². The minimum absolute atomic E-state index is 0.0232. The summed E-state index contributed by atoms with van der Waals surface area (Å²) < 4.78 is 1.59. The Bertz CT molecular complexity index is 725. The first-order chi connectivity index (χ1) is 11.1. The van der Waals surface area contributed by atoms with Crippen LogP contribution in [-0.4, -0.2) is 35.6 Å². The van der Waals surface area contributed by atoms with Crippen molar-refractivity contribution >= 4 is 5.91 Å². The summed E-state index contributed by atoms with van der Waals surface area (Å²) in [5.41, 5.74) is 2.90. The third-order valence-electron chi connectivity index (χ3n) is 3.52. The number of aryl methyl sites for hydroxylation is 1. The molecule has 2 rings (SSSR count). The minimum atomic E-state index is -0.0462. The zero-order chi connectivity index (χ0) is 16.7. The zero-order valence-electron chi connectivity index (χ0n) is 13.5. The molecule has 0 atom stereocenters. The molecule has 1 aromatic heterocycles. The van der Waals surface area contributed by atoms with Gasteiger partial charge in [-0.3, -0.25) is 14.2 Å². The van der Waals surface area contributed by atoms with Crippen molar-refractivity contribution in [3.63, 3.8) is 0 Å². The highest BCUT2D eigenvalue weighted by molar-refractivity contribution is 5.77. The molecule has 0 aliphatic heterocycles. The molecule has 2 aromatic rings. The number of aromatic nitrogens is 2. The SMILES string of the molecule is CNC(=O)CNCCc1cccc(Cn2cnc(C)cc2=O)c1. The van der Waals surface area contributed by atoms with E-state index in [2.05, 4.69) is 21.7 Å². The largest absolute Gasteiger partial charge is 0.358 e. The average molecular weight is 314 g/mol. The van der Waals surface area contributed by atoms with Gasteiger partial charge in [0.15, 0.2) is 0 Å². The maximum atomic E-state index is 11.9. The van der Waals surface area contributed by atoms with Crippen LogP contribution in [0.25, 0.3) is 0 Å². The van der Waals surface area contributed by atoms with Crippen LogP contribution in [0.15, 0.2) is 41.5 Å². The van der Waals surface area contributed by atoms with Gasteiger partial charge in [0.25, 0.3) is 5.56 Å². The summed E-state index contributed by atoms with van der Waals surface area (Å²) in [6, 6.07) is 9.63. The highest BCUT2D eigenvalue weighted by Crippen LogP contribution is 2.07. The predicted octanol–water partition coefficient (Wildman–Crippen LogP) is 0.478. The van der Waals surface area contributed by atoms with Crippen LogP contribution in [0, 0.1) is 6.92 Å². The lowest BCUT2D eigenvalue weighted by atomic mass is 10.1. The molecule has 0 unspecified atom stereocenters. The molecule has 0 spiro atoms. The number of amides is 1. The summed E-state index contributed by atoms with van der Waals surface area (Å²) >= 11 is 0. The molecule has 122 valence electrons. The summed E-state index contributed by atoms with van der Waals surface area (Å²) in [6.45, 7) is 3.35. The fraction of sp³-hybridized carbons (Fsp3) is 0.353. The molecule has 6 nitrogen and oxygen atoms in total. The van der Waals surface area contributed by atoms with Crippen molar-refractivity contribution < 1.29 is 4.79 Å². The van der Waals surface area contributed by atoms with Crippen LogP contribution in [0.5, 0.6) is 0 Å². The molecular formula is C17H22N4O2. The topological polar surface area (TPSA) is 76.0 Å². The van der Waals surface area contributed by atoms with E-state index in [4.69, 9.17) is 0 Å². The highest BCUT2D eigenvalue weighted by atomic mass is 16.1. The van der Waals surface area contributed by atoms with Crippen LogP contribution >= 0.6 is 0 Å². The number of nitrogens with zero attached hydrogens (tertiary/aromatic N) is 2. The zero-order valence-corrected chi connectivity index (χ0v) is 13.5. The van der Waals surface area contributed by atoms with Crippen molar-refractivity contribution in [2.45, 2.75) is 19.9 Å².